The lowest BCUT2D eigenvalue weighted by atomic mass is 9.64. The predicted octanol–water partition coefficient (Wildman–Crippen LogP) is 1.12. The molecule has 16 heavy (non-hydrogen) atoms. The molecular formula is C12H16O4. The third-order valence-electron chi connectivity index (χ3n) is 3.80. The van der Waals surface area contributed by atoms with Gasteiger partial charge in [-0.25, -0.2) is 0 Å². The summed E-state index contributed by atoms with van der Waals surface area (Å²) in [7, 11) is 1.33. The molecule has 0 radical (unpaired) electrons. The molecule has 0 saturated heterocycles. The van der Waals surface area contributed by atoms with Gasteiger partial charge in [-0.15, -0.1) is 0 Å². The Morgan fingerprint density at radius 3 is 2.56 bits per heavy atom. The molecule has 2 saturated carbocycles. The van der Waals surface area contributed by atoms with Crippen molar-refractivity contribution in [1.29, 1.82) is 0 Å². The Hall–Kier alpha value is -1.19. The van der Waals surface area contributed by atoms with E-state index in [-0.39, 0.29) is 29.4 Å². The molecule has 0 N–H and O–H groups in total. The number of carbonyl (C=O) groups excluding carboxylic acids is 3. The topological polar surface area (TPSA) is 60.4 Å². The third kappa shape index (κ3) is 1.77. The average molecular weight is 224 g/mol. The molecule has 4 heteroatoms. The van der Waals surface area contributed by atoms with Crippen LogP contribution in [0.3, 0.4) is 0 Å². The molecule has 0 heterocycles. The van der Waals surface area contributed by atoms with Crippen LogP contribution in [0.25, 0.3) is 0 Å². The van der Waals surface area contributed by atoms with E-state index in [4.69, 9.17) is 4.74 Å². The molecule has 2 aliphatic carbocycles. The monoisotopic (exact) mass is 224 g/mol. The van der Waals surface area contributed by atoms with Gasteiger partial charge in [0.25, 0.3) is 0 Å². The molecule has 4 nitrogen and oxygen atoms in total. The molecule has 0 aromatic carbocycles. The number of ether oxygens (including phenoxy) is 1. The van der Waals surface area contributed by atoms with Crippen molar-refractivity contribution in [2.24, 2.45) is 17.8 Å². The van der Waals surface area contributed by atoms with E-state index >= 15 is 0 Å². The van der Waals surface area contributed by atoms with Crippen LogP contribution >= 0.6 is 0 Å². The summed E-state index contributed by atoms with van der Waals surface area (Å²) >= 11 is 0. The molecule has 2 aliphatic rings. The normalized spacial score (nSPS) is 34.4. The molecule has 0 aromatic heterocycles. The van der Waals surface area contributed by atoms with E-state index in [1.807, 2.05) is 0 Å². The number of rotatable bonds is 1. The van der Waals surface area contributed by atoms with E-state index in [9.17, 15) is 14.4 Å². The number of methoxy groups -OCH3 is 1. The Morgan fingerprint density at radius 2 is 1.88 bits per heavy atom. The first kappa shape index (κ1) is 11.3. The van der Waals surface area contributed by atoms with E-state index < -0.39 is 5.92 Å². The van der Waals surface area contributed by atoms with Crippen LogP contribution < -0.4 is 0 Å². The van der Waals surface area contributed by atoms with Gasteiger partial charge in [0.15, 0.2) is 0 Å². The van der Waals surface area contributed by atoms with Gasteiger partial charge in [0.1, 0.15) is 11.6 Å². The minimum Gasteiger partial charge on any atom is -0.469 e. The summed E-state index contributed by atoms with van der Waals surface area (Å²) in [6.45, 7) is 0. The zero-order valence-electron chi connectivity index (χ0n) is 9.40. The predicted molar refractivity (Wildman–Crippen MR) is 55.6 cm³/mol. The highest BCUT2D eigenvalue weighted by atomic mass is 16.5. The summed E-state index contributed by atoms with van der Waals surface area (Å²) in [5, 5.41) is 0. The van der Waals surface area contributed by atoms with Gasteiger partial charge in [0, 0.05) is 24.7 Å². The summed E-state index contributed by atoms with van der Waals surface area (Å²) in [6.07, 6.45) is 2.91. The second-order valence-electron chi connectivity index (χ2n) is 4.63. The van der Waals surface area contributed by atoms with Crippen LogP contribution in [0.5, 0.6) is 0 Å². The maximum absolute atomic E-state index is 11.8. The van der Waals surface area contributed by atoms with E-state index in [0.29, 0.717) is 19.3 Å². The largest absolute Gasteiger partial charge is 0.469 e. The Kier molecular flexibility index (Phi) is 3.08. The fourth-order valence-electron chi connectivity index (χ4n) is 3.02. The number of ketones is 2. The fraction of sp³-hybridized carbons (Fsp3) is 0.750. The first-order chi connectivity index (χ1) is 7.65. The summed E-state index contributed by atoms with van der Waals surface area (Å²) in [5.74, 6) is -1.13. The number of esters is 1. The van der Waals surface area contributed by atoms with Crippen LogP contribution in [-0.4, -0.2) is 24.6 Å². The lowest BCUT2D eigenvalue weighted by Gasteiger charge is -2.37. The van der Waals surface area contributed by atoms with Crippen molar-refractivity contribution in [2.75, 3.05) is 7.11 Å². The second-order valence-corrected chi connectivity index (χ2v) is 4.63. The van der Waals surface area contributed by atoms with Gasteiger partial charge in [-0.1, -0.05) is 6.42 Å². The van der Waals surface area contributed by atoms with Gasteiger partial charge in [-0.2, -0.15) is 0 Å². The van der Waals surface area contributed by atoms with Crippen molar-refractivity contribution < 1.29 is 19.1 Å². The second kappa shape index (κ2) is 4.36. The van der Waals surface area contributed by atoms with Gasteiger partial charge < -0.3 is 4.74 Å². The lowest BCUT2D eigenvalue weighted by molar-refractivity contribution is -0.156. The van der Waals surface area contributed by atoms with Crippen LogP contribution in [0.1, 0.15) is 32.1 Å². The zero-order valence-corrected chi connectivity index (χ0v) is 9.40. The van der Waals surface area contributed by atoms with Crippen LogP contribution in [-0.2, 0) is 19.1 Å². The van der Waals surface area contributed by atoms with Gasteiger partial charge in [-0.3, -0.25) is 14.4 Å². The van der Waals surface area contributed by atoms with Crippen LogP contribution in [0.2, 0.25) is 0 Å². The van der Waals surface area contributed by atoms with Gasteiger partial charge in [0.05, 0.1) is 13.0 Å². The summed E-state index contributed by atoms with van der Waals surface area (Å²) in [6, 6.07) is 0. The minimum atomic E-state index is -0.401. The Balaban J connectivity index is 2.24. The molecule has 0 spiro atoms. The van der Waals surface area contributed by atoms with Gasteiger partial charge >= 0.3 is 5.97 Å². The molecule has 0 aliphatic heterocycles. The van der Waals surface area contributed by atoms with Crippen LogP contribution in [0, 0.1) is 17.8 Å². The average Bonchev–Trinajstić information content (AvgIpc) is 2.32. The van der Waals surface area contributed by atoms with Gasteiger partial charge in [-0.05, 0) is 12.8 Å². The standard InChI is InChI=1S/C12H16O4/c1-16-12(15)8-4-2-3-7-9(13)5-6-10(14)11(7)8/h7-8,11H,2-6H2,1H3/t7-,8-,11+/m1/s1. The first-order valence-corrected chi connectivity index (χ1v) is 5.78. The molecule has 0 unspecified atom stereocenters. The van der Waals surface area contributed by atoms with Crippen molar-refractivity contribution in [3.05, 3.63) is 0 Å². The molecule has 0 aromatic rings. The molecule has 88 valence electrons. The van der Waals surface area contributed by atoms with E-state index in [2.05, 4.69) is 0 Å². The van der Waals surface area contributed by atoms with Crippen molar-refractivity contribution >= 4 is 17.5 Å². The SMILES string of the molecule is COC(=O)[C@@H]1CCC[C@@H]2C(=O)CCC(=O)[C@@H]21. The smallest absolute Gasteiger partial charge is 0.309 e. The van der Waals surface area contributed by atoms with E-state index in [1.54, 1.807) is 0 Å². The highest BCUT2D eigenvalue weighted by Gasteiger charge is 2.47. The minimum absolute atomic E-state index is 0.0692. The summed E-state index contributed by atoms with van der Waals surface area (Å²) < 4.78 is 4.72. The molecule has 2 rings (SSSR count). The molecule has 3 atom stereocenters. The molecule has 2 fully saturated rings. The quantitative estimate of drug-likeness (QED) is 0.626. The van der Waals surface area contributed by atoms with Crippen molar-refractivity contribution in [3.8, 4) is 0 Å². The molecule has 0 amide bonds. The van der Waals surface area contributed by atoms with Crippen molar-refractivity contribution in [2.45, 2.75) is 32.1 Å². The lowest BCUT2D eigenvalue weighted by Crippen LogP contribution is -2.45. The number of hydrogen-bond acceptors (Lipinski definition) is 4. The zero-order chi connectivity index (χ0) is 11.7. The highest BCUT2D eigenvalue weighted by molar-refractivity contribution is 5.98. The number of fused-ring (bicyclic) bond motifs is 1. The highest BCUT2D eigenvalue weighted by Crippen LogP contribution is 2.40. The maximum atomic E-state index is 11.8. The number of hydrogen-bond donors (Lipinski definition) is 0. The first-order valence-electron chi connectivity index (χ1n) is 5.78. The van der Waals surface area contributed by atoms with Crippen LogP contribution in [0.4, 0.5) is 0 Å². The van der Waals surface area contributed by atoms with E-state index in [0.717, 1.165) is 12.8 Å². The van der Waals surface area contributed by atoms with Gasteiger partial charge in [0.2, 0.25) is 0 Å². The Bertz CT molecular complexity index is 334. The summed E-state index contributed by atoms with van der Waals surface area (Å²) in [5.41, 5.74) is 0. The molecule has 0 bridgehead atoms. The number of Topliss-reactive ketones (excluding diaryl/α,β-unsaturated/α-hetero) is 2. The third-order valence-corrected chi connectivity index (χ3v) is 3.80. The van der Waals surface area contributed by atoms with E-state index in [1.165, 1.54) is 7.11 Å². The van der Waals surface area contributed by atoms with Crippen molar-refractivity contribution in [1.82, 2.24) is 0 Å². The molecular weight excluding hydrogens is 208 g/mol. The Labute approximate surface area is 94.3 Å². The maximum Gasteiger partial charge on any atom is 0.309 e. The fourth-order valence-corrected chi connectivity index (χ4v) is 3.02. The van der Waals surface area contributed by atoms with Crippen LogP contribution in [0.15, 0.2) is 0 Å². The summed E-state index contributed by atoms with van der Waals surface area (Å²) in [4.78, 5) is 35.2. The van der Waals surface area contributed by atoms with Crippen molar-refractivity contribution in [3.63, 3.8) is 0 Å². The Morgan fingerprint density at radius 1 is 1.19 bits per heavy atom. The number of carbonyl (C=O) groups is 3.